The molecule has 0 radical (unpaired) electrons. The van der Waals surface area contributed by atoms with Gasteiger partial charge in [0.1, 0.15) is 0 Å². The lowest BCUT2D eigenvalue weighted by atomic mass is 10.2. The smallest absolute Gasteiger partial charge is 0.0728 e. The second-order valence-corrected chi connectivity index (χ2v) is 7.83. The van der Waals surface area contributed by atoms with Gasteiger partial charge in [-0.2, -0.15) is 0 Å². The predicted octanol–water partition coefficient (Wildman–Crippen LogP) is 7.32. The summed E-state index contributed by atoms with van der Waals surface area (Å²) in [5.41, 5.74) is 3.10. The van der Waals surface area contributed by atoms with Gasteiger partial charge < -0.3 is 9.71 Å². The third-order valence-electron chi connectivity index (χ3n) is 3.68. The van der Waals surface area contributed by atoms with E-state index in [4.69, 9.17) is 23.2 Å². The van der Waals surface area contributed by atoms with E-state index in [9.17, 15) is 0 Å². The molecule has 0 saturated carbocycles. The number of fused-ring (bicyclic) bond motifs is 1. The molecule has 0 saturated heterocycles. The first-order valence-electron chi connectivity index (χ1n) is 7.24. The quantitative estimate of drug-likeness (QED) is 0.357. The van der Waals surface area contributed by atoms with E-state index in [0.29, 0.717) is 10.0 Å². The van der Waals surface area contributed by atoms with Gasteiger partial charge >= 0.3 is 0 Å². The predicted molar refractivity (Wildman–Crippen MR) is 108 cm³/mol. The number of thiophene rings is 1. The van der Waals surface area contributed by atoms with Crippen molar-refractivity contribution in [1.82, 2.24) is 4.98 Å². The number of halogens is 2. The number of benzene rings is 2. The normalized spacial score (nSPS) is 11.1. The highest BCUT2D eigenvalue weighted by Crippen LogP contribution is 2.36. The second kappa shape index (κ2) is 6.73. The fraction of sp³-hybridized carbons (Fsp3) is 0. The van der Waals surface area contributed by atoms with Crippen molar-refractivity contribution in [3.05, 3.63) is 70.2 Å². The van der Waals surface area contributed by atoms with Crippen LogP contribution >= 0.6 is 46.5 Å². The van der Waals surface area contributed by atoms with E-state index < -0.39 is 0 Å². The van der Waals surface area contributed by atoms with Crippen LogP contribution in [0.15, 0.2) is 65.0 Å². The summed E-state index contributed by atoms with van der Waals surface area (Å²) < 4.78 is 3.37. The average Bonchev–Trinajstić information content (AvgIpc) is 3.26. The number of aromatic nitrogens is 1. The molecule has 0 bridgehead atoms. The minimum atomic E-state index is 0.629. The summed E-state index contributed by atoms with van der Waals surface area (Å²) in [7, 11) is 0. The summed E-state index contributed by atoms with van der Waals surface area (Å²) in [5, 5.41) is 4.21. The van der Waals surface area contributed by atoms with Crippen LogP contribution < -0.4 is 4.72 Å². The zero-order chi connectivity index (χ0) is 16.5. The van der Waals surface area contributed by atoms with Gasteiger partial charge in [0.15, 0.2) is 0 Å². The van der Waals surface area contributed by atoms with Gasteiger partial charge in [0, 0.05) is 21.4 Å². The Morgan fingerprint density at radius 3 is 2.54 bits per heavy atom. The molecule has 2 N–H and O–H groups in total. The molecule has 2 aromatic carbocycles. The molecule has 2 heterocycles. The molecular weight excluding hydrogens is 379 g/mol. The van der Waals surface area contributed by atoms with Crippen molar-refractivity contribution in [2.24, 2.45) is 0 Å². The SMILES string of the molecule is Clc1ccc(NSc2ccc(-c3cccs3)cc2)c2[nH]cc(Cl)c12. The van der Waals surface area contributed by atoms with Crippen molar-refractivity contribution < 1.29 is 0 Å². The van der Waals surface area contributed by atoms with Crippen molar-refractivity contribution in [3.8, 4) is 10.4 Å². The van der Waals surface area contributed by atoms with Crippen LogP contribution in [0.5, 0.6) is 0 Å². The number of nitrogens with one attached hydrogen (secondary N) is 2. The van der Waals surface area contributed by atoms with Crippen molar-refractivity contribution >= 4 is 63.1 Å². The lowest BCUT2D eigenvalue weighted by Gasteiger charge is -2.08. The number of H-pyrrole nitrogens is 1. The lowest BCUT2D eigenvalue weighted by Crippen LogP contribution is -1.88. The van der Waals surface area contributed by atoms with E-state index in [-0.39, 0.29) is 0 Å². The van der Waals surface area contributed by atoms with Gasteiger partial charge in [-0.1, -0.05) is 41.4 Å². The molecule has 120 valence electrons. The van der Waals surface area contributed by atoms with Gasteiger partial charge in [-0.3, -0.25) is 0 Å². The molecule has 2 aromatic heterocycles. The molecule has 4 aromatic rings. The fourth-order valence-corrected chi connectivity index (χ4v) is 4.46. The fourth-order valence-electron chi connectivity index (χ4n) is 2.50. The van der Waals surface area contributed by atoms with Crippen molar-refractivity contribution in [1.29, 1.82) is 0 Å². The Hall–Kier alpha value is -1.59. The van der Waals surface area contributed by atoms with Gasteiger partial charge in [-0.15, -0.1) is 11.3 Å². The van der Waals surface area contributed by atoms with Crippen molar-refractivity contribution in [2.45, 2.75) is 4.90 Å². The zero-order valence-corrected chi connectivity index (χ0v) is 15.5. The summed E-state index contributed by atoms with van der Waals surface area (Å²) in [5.74, 6) is 0. The average molecular weight is 391 g/mol. The van der Waals surface area contributed by atoms with Crippen LogP contribution in [0.25, 0.3) is 21.3 Å². The van der Waals surface area contributed by atoms with Crippen LogP contribution in [-0.4, -0.2) is 4.98 Å². The molecule has 0 fully saturated rings. The minimum absolute atomic E-state index is 0.629. The van der Waals surface area contributed by atoms with E-state index in [1.54, 1.807) is 29.5 Å². The highest BCUT2D eigenvalue weighted by atomic mass is 35.5. The van der Waals surface area contributed by atoms with E-state index in [0.717, 1.165) is 21.5 Å². The first-order chi connectivity index (χ1) is 11.7. The van der Waals surface area contributed by atoms with Gasteiger partial charge in [0.05, 0.1) is 21.2 Å². The zero-order valence-electron chi connectivity index (χ0n) is 12.3. The molecule has 0 aliphatic rings. The van der Waals surface area contributed by atoms with Gasteiger partial charge in [-0.25, -0.2) is 0 Å². The Kier molecular flexibility index (Phi) is 4.46. The molecule has 0 spiro atoms. The Morgan fingerprint density at radius 2 is 1.79 bits per heavy atom. The van der Waals surface area contributed by atoms with Crippen molar-refractivity contribution in [3.63, 3.8) is 0 Å². The Labute approximate surface area is 157 Å². The maximum atomic E-state index is 6.22. The van der Waals surface area contributed by atoms with Gasteiger partial charge in [0.2, 0.25) is 0 Å². The standard InChI is InChI=1S/C18H12Cl2N2S2/c19-13-7-8-15(18-17(13)14(20)10-21-18)22-24-12-5-3-11(4-6-12)16-2-1-9-23-16/h1-10,21-22H. The maximum Gasteiger partial charge on any atom is 0.0728 e. The number of rotatable bonds is 4. The van der Waals surface area contributed by atoms with Crippen LogP contribution in [0.3, 0.4) is 0 Å². The van der Waals surface area contributed by atoms with E-state index in [1.165, 1.54) is 10.4 Å². The van der Waals surface area contributed by atoms with Crippen LogP contribution in [0.4, 0.5) is 5.69 Å². The molecule has 0 amide bonds. The van der Waals surface area contributed by atoms with Crippen LogP contribution in [0.2, 0.25) is 10.0 Å². The number of anilines is 1. The third kappa shape index (κ3) is 3.03. The van der Waals surface area contributed by atoms with Gasteiger partial charge in [0.25, 0.3) is 0 Å². The summed E-state index contributed by atoms with van der Waals surface area (Å²) in [6, 6.07) is 16.5. The summed E-state index contributed by atoms with van der Waals surface area (Å²) in [4.78, 5) is 5.58. The first kappa shape index (κ1) is 15.9. The van der Waals surface area contributed by atoms with E-state index in [1.807, 2.05) is 12.1 Å². The van der Waals surface area contributed by atoms with Gasteiger partial charge in [-0.05, 0) is 53.2 Å². The van der Waals surface area contributed by atoms with E-state index in [2.05, 4.69) is 51.5 Å². The molecule has 0 aliphatic heterocycles. The molecule has 24 heavy (non-hydrogen) atoms. The molecule has 0 aliphatic carbocycles. The van der Waals surface area contributed by atoms with E-state index >= 15 is 0 Å². The molecule has 4 rings (SSSR count). The maximum absolute atomic E-state index is 6.22. The first-order valence-corrected chi connectivity index (χ1v) is 9.69. The highest BCUT2D eigenvalue weighted by Gasteiger charge is 2.10. The summed E-state index contributed by atoms with van der Waals surface area (Å²) in [6.45, 7) is 0. The Balaban J connectivity index is 1.54. The Bertz CT molecular complexity index is 976. The molecule has 6 heteroatoms. The molecule has 2 nitrogen and oxygen atoms in total. The topological polar surface area (TPSA) is 27.8 Å². The monoisotopic (exact) mass is 390 g/mol. The van der Waals surface area contributed by atoms with Crippen LogP contribution in [0.1, 0.15) is 0 Å². The van der Waals surface area contributed by atoms with Crippen molar-refractivity contribution in [2.75, 3.05) is 4.72 Å². The lowest BCUT2D eigenvalue weighted by molar-refractivity contribution is 1.46. The summed E-state index contributed by atoms with van der Waals surface area (Å²) >= 11 is 15.7. The highest BCUT2D eigenvalue weighted by molar-refractivity contribution is 8.00. The number of aromatic amines is 1. The Morgan fingerprint density at radius 1 is 0.958 bits per heavy atom. The van der Waals surface area contributed by atoms with Crippen LogP contribution in [0, 0.1) is 0 Å². The summed E-state index contributed by atoms with van der Waals surface area (Å²) in [6.07, 6.45) is 1.75. The molecule has 0 unspecified atom stereocenters. The third-order valence-corrected chi connectivity index (χ3v) is 6.04. The number of hydrogen-bond acceptors (Lipinski definition) is 3. The minimum Gasteiger partial charge on any atom is -0.358 e. The molecule has 0 atom stereocenters. The largest absolute Gasteiger partial charge is 0.358 e. The second-order valence-electron chi connectivity index (χ2n) is 5.19. The molecular formula is C18H12Cl2N2S2. The van der Waals surface area contributed by atoms with Crippen LogP contribution in [-0.2, 0) is 0 Å². The number of hydrogen-bond donors (Lipinski definition) is 2.